The van der Waals surface area contributed by atoms with Gasteiger partial charge in [-0.1, -0.05) is 48.5 Å². The molecule has 6 nitrogen and oxygen atoms in total. The molecule has 0 unspecified atom stereocenters. The molecule has 1 fully saturated rings. The zero-order chi connectivity index (χ0) is 19.8. The maximum atomic E-state index is 12.5. The lowest BCUT2D eigenvalue weighted by atomic mass is 10.1. The van der Waals surface area contributed by atoms with E-state index in [-0.39, 0.29) is 36.6 Å². The Labute approximate surface area is 190 Å². The first kappa shape index (κ1) is 25.8. The van der Waals surface area contributed by atoms with Crippen LogP contribution in [0.25, 0.3) is 0 Å². The Balaban J connectivity index is 0.00000225. The van der Waals surface area contributed by atoms with E-state index in [0.717, 1.165) is 29.9 Å². The first-order valence-corrected chi connectivity index (χ1v) is 9.76. The van der Waals surface area contributed by atoms with Crippen molar-refractivity contribution in [3.8, 4) is 0 Å². The highest BCUT2D eigenvalue weighted by Crippen LogP contribution is 2.14. The Bertz CT molecular complexity index is 797. The molecule has 30 heavy (non-hydrogen) atoms. The Morgan fingerprint density at radius 1 is 0.900 bits per heavy atom. The summed E-state index contributed by atoms with van der Waals surface area (Å²) in [5, 5.41) is 2.95. The third-order valence-corrected chi connectivity index (χ3v) is 5.09. The fourth-order valence-corrected chi connectivity index (χ4v) is 3.37. The van der Waals surface area contributed by atoms with Crippen LogP contribution in [0.15, 0.2) is 54.6 Å². The SMILES string of the molecule is Cl.Cl.Nc1ccccc1CCC(=O)N1CCN(CC(=O)NCc2ccccc2)CC1. The Morgan fingerprint density at radius 2 is 1.53 bits per heavy atom. The molecule has 2 aromatic carbocycles. The van der Waals surface area contributed by atoms with E-state index >= 15 is 0 Å². The smallest absolute Gasteiger partial charge is 0.234 e. The molecular weight excluding hydrogens is 423 g/mol. The van der Waals surface area contributed by atoms with Crippen LogP contribution in [0.5, 0.6) is 0 Å². The third kappa shape index (κ3) is 7.86. The summed E-state index contributed by atoms with van der Waals surface area (Å²) in [7, 11) is 0. The van der Waals surface area contributed by atoms with Gasteiger partial charge in [0.15, 0.2) is 0 Å². The summed E-state index contributed by atoms with van der Waals surface area (Å²) in [6, 6.07) is 17.5. The van der Waals surface area contributed by atoms with Crippen molar-refractivity contribution in [3.05, 3.63) is 65.7 Å². The van der Waals surface area contributed by atoms with Crippen molar-refractivity contribution in [2.75, 3.05) is 38.5 Å². The van der Waals surface area contributed by atoms with Crippen molar-refractivity contribution in [2.45, 2.75) is 19.4 Å². The summed E-state index contributed by atoms with van der Waals surface area (Å²) < 4.78 is 0. The molecular formula is C22H30Cl2N4O2. The van der Waals surface area contributed by atoms with Crippen LogP contribution < -0.4 is 11.1 Å². The summed E-state index contributed by atoms with van der Waals surface area (Å²) in [6.07, 6.45) is 1.12. The monoisotopic (exact) mass is 452 g/mol. The van der Waals surface area contributed by atoms with Gasteiger partial charge in [-0.05, 0) is 23.6 Å². The molecule has 164 valence electrons. The van der Waals surface area contributed by atoms with Crippen LogP contribution in [0.2, 0.25) is 0 Å². The predicted octanol–water partition coefficient (Wildman–Crippen LogP) is 2.51. The molecule has 0 spiro atoms. The number of carbonyl (C=O) groups excluding carboxylic acids is 2. The van der Waals surface area contributed by atoms with E-state index in [1.165, 1.54) is 0 Å². The average molecular weight is 453 g/mol. The van der Waals surface area contributed by atoms with Gasteiger partial charge in [-0.2, -0.15) is 0 Å². The molecule has 0 saturated carbocycles. The van der Waals surface area contributed by atoms with Crippen LogP contribution in [0.4, 0.5) is 5.69 Å². The van der Waals surface area contributed by atoms with E-state index in [2.05, 4.69) is 10.2 Å². The first-order chi connectivity index (χ1) is 13.6. The van der Waals surface area contributed by atoms with Gasteiger partial charge in [-0.15, -0.1) is 24.8 Å². The number of rotatable bonds is 7. The number of nitrogen functional groups attached to an aromatic ring is 1. The van der Waals surface area contributed by atoms with Gasteiger partial charge in [0.1, 0.15) is 0 Å². The lowest BCUT2D eigenvalue weighted by Crippen LogP contribution is -2.51. The van der Waals surface area contributed by atoms with Gasteiger partial charge in [0.25, 0.3) is 0 Å². The first-order valence-electron chi connectivity index (χ1n) is 9.76. The molecule has 0 radical (unpaired) electrons. The number of nitrogens with zero attached hydrogens (tertiary/aromatic N) is 2. The molecule has 1 saturated heterocycles. The number of piperazine rings is 1. The van der Waals surface area contributed by atoms with Crippen LogP contribution in [-0.4, -0.2) is 54.3 Å². The molecule has 8 heteroatoms. The highest BCUT2D eigenvalue weighted by Gasteiger charge is 2.22. The zero-order valence-corrected chi connectivity index (χ0v) is 18.6. The molecule has 2 aromatic rings. The van der Waals surface area contributed by atoms with Gasteiger partial charge in [0.05, 0.1) is 6.54 Å². The number of carbonyl (C=O) groups is 2. The number of para-hydroxylation sites is 1. The van der Waals surface area contributed by atoms with E-state index in [9.17, 15) is 9.59 Å². The highest BCUT2D eigenvalue weighted by molar-refractivity contribution is 5.85. The number of hydrogen-bond acceptors (Lipinski definition) is 4. The van der Waals surface area contributed by atoms with Gasteiger partial charge in [-0.3, -0.25) is 14.5 Å². The third-order valence-electron chi connectivity index (χ3n) is 5.09. The second kappa shape index (κ2) is 13.1. The number of anilines is 1. The minimum atomic E-state index is 0. The molecule has 1 aliphatic heterocycles. The summed E-state index contributed by atoms with van der Waals surface area (Å²) in [6.45, 7) is 3.68. The summed E-state index contributed by atoms with van der Waals surface area (Å²) in [5.74, 6) is 0.166. The van der Waals surface area contributed by atoms with Crippen molar-refractivity contribution in [1.82, 2.24) is 15.1 Å². The lowest BCUT2D eigenvalue weighted by Gasteiger charge is -2.34. The van der Waals surface area contributed by atoms with Crippen LogP contribution in [0.1, 0.15) is 17.5 Å². The number of nitrogens with one attached hydrogen (secondary N) is 1. The number of aryl methyl sites for hydroxylation is 1. The fraction of sp³-hybridized carbons (Fsp3) is 0.364. The van der Waals surface area contributed by atoms with E-state index in [0.29, 0.717) is 39.0 Å². The number of hydrogen-bond donors (Lipinski definition) is 2. The number of halogens is 2. The fourth-order valence-electron chi connectivity index (χ4n) is 3.37. The van der Waals surface area contributed by atoms with Crippen LogP contribution in [-0.2, 0) is 22.6 Å². The van der Waals surface area contributed by atoms with E-state index in [1.807, 2.05) is 59.5 Å². The summed E-state index contributed by atoms with van der Waals surface area (Å²) >= 11 is 0. The van der Waals surface area contributed by atoms with E-state index < -0.39 is 0 Å². The van der Waals surface area contributed by atoms with Gasteiger partial charge >= 0.3 is 0 Å². The van der Waals surface area contributed by atoms with Crippen molar-refractivity contribution >= 4 is 42.3 Å². The minimum Gasteiger partial charge on any atom is -0.399 e. The van der Waals surface area contributed by atoms with Gasteiger partial charge in [0, 0.05) is 44.8 Å². The Kier molecular flexibility index (Phi) is 11.3. The van der Waals surface area contributed by atoms with E-state index in [4.69, 9.17) is 5.73 Å². The largest absolute Gasteiger partial charge is 0.399 e. The number of benzene rings is 2. The lowest BCUT2D eigenvalue weighted by molar-refractivity contribution is -0.133. The molecule has 1 aliphatic rings. The molecule has 0 bridgehead atoms. The minimum absolute atomic E-state index is 0. The number of amides is 2. The zero-order valence-electron chi connectivity index (χ0n) is 17.0. The van der Waals surface area contributed by atoms with Gasteiger partial charge < -0.3 is 16.0 Å². The highest BCUT2D eigenvalue weighted by atomic mass is 35.5. The topological polar surface area (TPSA) is 78.7 Å². The Morgan fingerprint density at radius 3 is 2.20 bits per heavy atom. The van der Waals surface area contributed by atoms with Crippen LogP contribution >= 0.6 is 24.8 Å². The van der Waals surface area contributed by atoms with Crippen LogP contribution in [0.3, 0.4) is 0 Å². The molecule has 1 heterocycles. The van der Waals surface area contributed by atoms with Crippen molar-refractivity contribution in [3.63, 3.8) is 0 Å². The van der Waals surface area contributed by atoms with Gasteiger partial charge in [-0.25, -0.2) is 0 Å². The second-order valence-electron chi connectivity index (χ2n) is 7.12. The molecule has 0 atom stereocenters. The summed E-state index contributed by atoms with van der Waals surface area (Å²) in [4.78, 5) is 28.6. The van der Waals surface area contributed by atoms with Crippen molar-refractivity contribution < 1.29 is 9.59 Å². The molecule has 0 aliphatic carbocycles. The molecule has 3 rings (SSSR count). The van der Waals surface area contributed by atoms with Gasteiger partial charge in [0.2, 0.25) is 11.8 Å². The average Bonchev–Trinajstić information content (AvgIpc) is 2.73. The maximum Gasteiger partial charge on any atom is 0.234 e. The Hall–Kier alpha value is -2.28. The normalized spacial score (nSPS) is 13.7. The second-order valence-corrected chi connectivity index (χ2v) is 7.12. The quantitative estimate of drug-likeness (QED) is 0.632. The number of nitrogens with two attached hydrogens (primary N) is 1. The molecule has 3 N–H and O–H groups in total. The van der Waals surface area contributed by atoms with Crippen molar-refractivity contribution in [2.24, 2.45) is 0 Å². The predicted molar refractivity (Wildman–Crippen MR) is 125 cm³/mol. The molecule has 2 amide bonds. The van der Waals surface area contributed by atoms with Crippen molar-refractivity contribution in [1.29, 1.82) is 0 Å². The maximum absolute atomic E-state index is 12.5. The van der Waals surface area contributed by atoms with Crippen LogP contribution in [0, 0.1) is 0 Å². The van der Waals surface area contributed by atoms with E-state index in [1.54, 1.807) is 0 Å². The summed E-state index contributed by atoms with van der Waals surface area (Å²) in [5.41, 5.74) is 8.79. The molecule has 0 aromatic heterocycles. The standard InChI is InChI=1S/C22H28N4O2.2ClH/c23-20-9-5-4-8-19(20)10-11-22(28)26-14-12-25(13-15-26)17-21(27)24-16-18-6-2-1-3-7-18;;/h1-9H,10-17,23H2,(H,24,27);2*1H.